The molecule has 3 rings (SSSR count). The van der Waals surface area contributed by atoms with Gasteiger partial charge in [0.05, 0.1) is 11.4 Å². The van der Waals surface area contributed by atoms with E-state index in [1.807, 2.05) is 53.2 Å². The lowest BCUT2D eigenvalue weighted by atomic mass is 10.2. The lowest BCUT2D eigenvalue weighted by Crippen LogP contribution is -1.95. The van der Waals surface area contributed by atoms with Crippen LogP contribution in [0.25, 0.3) is 16.9 Å². The van der Waals surface area contributed by atoms with Crippen LogP contribution in [0.15, 0.2) is 65.1 Å². The summed E-state index contributed by atoms with van der Waals surface area (Å²) in [4.78, 5) is 0. The minimum atomic E-state index is 0.765. The Morgan fingerprint density at radius 2 is 1.63 bits per heavy atom. The standard InChI is InChI=1S/C15H11BrN2S/c16-12-6-8-13(9-7-12)18-15(19)10-14(17-18)11-4-2-1-3-5-11/h1-10,17H. The van der Waals surface area contributed by atoms with Gasteiger partial charge in [-0.1, -0.05) is 58.5 Å². The normalized spacial score (nSPS) is 10.6. The van der Waals surface area contributed by atoms with E-state index >= 15 is 0 Å². The molecule has 19 heavy (non-hydrogen) atoms. The molecule has 0 aliphatic rings. The summed E-state index contributed by atoms with van der Waals surface area (Å²) < 4.78 is 3.73. The largest absolute Gasteiger partial charge is 0.292 e. The molecule has 0 amide bonds. The maximum atomic E-state index is 5.41. The van der Waals surface area contributed by atoms with Crippen LogP contribution in [-0.4, -0.2) is 9.78 Å². The van der Waals surface area contributed by atoms with Crippen molar-refractivity contribution in [2.75, 3.05) is 0 Å². The average molecular weight is 331 g/mol. The van der Waals surface area contributed by atoms with Crippen molar-refractivity contribution in [1.29, 1.82) is 0 Å². The molecule has 0 saturated carbocycles. The predicted octanol–water partition coefficient (Wildman–Crippen LogP) is 4.96. The molecule has 2 aromatic carbocycles. The minimum absolute atomic E-state index is 0.765. The van der Waals surface area contributed by atoms with Crippen molar-refractivity contribution in [3.63, 3.8) is 0 Å². The molecule has 0 radical (unpaired) electrons. The van der Waals surface area contributed by atoms with Gasteiger partial charge in [-0.3, -0.25) is 5.10 Å². The van der Waals surface area contributed by atoms with E-state index in [4.69, 9.17) is 12.2 Å². The van der Waals surface area contributed by atoms with Crippen LogP contribution < -0.4 is 0 Å². The number of benzene rings is 2. The Hall–Kier alpha value is -1.65. The van der Waals surface area contributed by atoms with Gasteiger partial charge in [-0.05, 0) is 29.8 Å². The number of hydrogen-bond donors (Lipinski definition) is 1. The van der Waals surface area contributed by atoms with Crippen LogP contribution in [0, 0.1) is 4.64 Å². The van der Waals surface area contributed by atoms with Gasteiger partial charge in [-0.25, -0.2) is 4.68 Å². The molecule has 1 heterocycles. The van der Waals surface area contributed by atoms with Gasteiger partial charge in [0.15, 0.2) is 0 Å². The summed E-state index contributed by atoms with van der Waals surface area (Å²) in [6.07, 6.45) is 0. The fraction of sp³-hybridized carbons (Fsp3) is 0. The molecule has 4 heteroatoms. The first-order chi connectivity index (χ1) is 9.24. The number of H-pyrrole nitrogens is 1. The summed E-state index contributed by atoms with van der Waals surface area (Å²) in [6, 6.07) is 20.2. The number of rotatable bonds is 2. The van der Waals surface area contributed by atoms with Crippen LogP contribution in [0.5, 0.6) is 0 Å². The molecule has 0 unspecified atom stereocenters. The third-order valence-electron chi connectivity index (χ3n) is 2.89. The van der Waals surface area contributed by atoms with Gasteiger partial charge in [0, 0.05) is 10.5 Å². The van der Waals surface area contributed by atoms with Crippen LogP contribution in [0.2, 0.25) is 0 Å². The molecule has 3 aromatic rings. The molecule has 0 aliphatic carbocycles. The Bertz CT molecular complexity index is 742. The van der Waals surface area contributed by atoms with E-state index in [-0.39, 0.29) is 0 Å². The number of aromatic amines is 1. The zero-order valence-corrected chi connectivity index (χ0v) is 12.4. The van der Waals surface area contributed by atoms with Crippen molar-refractivity contribution in [2.24, 2.45) is 0 Å². The Morgan fingerprint density at radius 3 is 2.32 bits per heavy atom. The molecule has 1 aromatic heterocycles. The highest BCUT2D eigenvalue weighted by atomic mass is 79.9. The van der Waals surface area contributed by atoms with Crippen LogP contribution in [0.1, 0.15) is 0 Å². The van der Waals surface area contributed by atoms with E-state index in [0.29, 0.717) is 0 Å². The molecule has 0 atom stereocenters. The third-order valence-corrected chi connectivity index (χ3v) is 3.72. The predicted molar refractivity (Wildman–Crippen MR) is 84.1 cm³/mol. The van der Waals surface area contributed by atoms with Gasteiger partial charge in [-0.15, -0.1) is 0 Å². The van der Waals surface area contributed by atoms with Crippen molar-refractivity contribution in [2.45, 2.75) is 0 Å². The molecule has 94 valence electrons. The average Bonchev–Trinajstić information content (AvgIpc) is 2.83. The van der Waals surface area contributed by atoms with Gasteiger partial charge >= 0.3 is 0 Å². The van der Waals surface area contributed by atoms with Crippen molar-refractivity contribution in [3.8, 4) is 16.9 Å². The molecule has 0 saturated heterocycles. The van der Waals surface area contributed by atoms with Crippen molar-refractivity contribution in [3.05, 3.63) is 69.8 Å². The quantitative estimate of drug-likeness (QED) is 0.658. The van der Waals surface area contributed by atoms with Gasteiger partial charge in [0.25, 0.3) is 0 Å². The molecule has 0 aliphatic heterocycles. The zero-order valence-electron chi connectivity index (χ0n) is 10.0. The fourth-order valence-electron chi connectivity index (χ4n) is 1.94. The van der Waals surface area contributed by atoms with E-state index in [0.717, 1.165) is 26.1 Å². The van der Waals surface area contributed by atoms with E-state index in [1.165, 1.54) is 0 Å². The molecule has 0 spiro atoms. The minimum Gasteiger partial charge on any atom is -0.292 e. The van der Waals surface area contributed by atoms with Gasteiger partial charge in [-0.2, -0.15) is 0 Å². The number of nitrogens with one attached hydrogen (secondary N) is 1. The summed E-state index contributed by atoms with van der Waals surface area (Å²) in [7, 11) is 0. The highest BCUT2D eigenvalue weighted by molar-refractivity contribution is 9.10. The van der Waals surface area contributed by atoms with Gasteiger partial charge in [0.2, 0.25) is 0 Å². The number of nitrogens with zero attached hydrogens (tertiary/aromatic N) is 1. The van der Waals surface area contributed by atoms with Crippen molar-refractivity contribution < 1.29 is 0 Å². The second-order valence-electron chi connectivity index (χ2n) is 4.19. The van der Waals surface area contributed by atoms with E-state index in [2.05, 4.69) is 33.2 Å². The molecular weight excluding hydrogens is 320 g/mol. The van der Waals surface area contributed by atoms with E-state index in [1.54, 1.807) is 0 Å². The van der Waals surface area contributed by atoms with Gasteiger partial charge < -0.3 is 0 Å². The maximum absolute atomic E-state index is 5.41. The van der Waals surface area contributed by atoms with Crippen molar-refractivity contribution in [1.82, 2.24) is 9.78 Å². The first-order valence-electron chi connectivity index (χ1n) is 5.87. The molecule has 2 nitrogen and oxygen atoms in total. The Kier molecular flexibility index (Phi) is 3.36. The van der Waals surface area contributed by atoms with E-state index in [9.17, 15) is 0 Å². The Labute approximate surface area is 124 Å². The fourth-order valence-corrected chi connectivity index (χ4v) is 2.48. The summed E-state index contributed by atoms with van der Waals surface area (Å²) in [5.74, 6) is 0. The second-order valence-corrected chi connectivity index (χ2v) is 5.52. The highest BCUT2D eigenvalue weighted by Crippen LogP contribution is 2.20. The van der Waals surface area contributed by atoms with Crippen molar-refractivity contribution >= 4 is 28.1 Å². The Morgan fingerprint density at radius 1 is 0.947 bits per heavy atom. The Balaban J connectivity index is 2.08. The third kappa shape index (κ3) is 2.55. The molecular formula is C15H11BrN2S. The lowest BCUT2D eigenvalue weighted by molar-refractivity contribution is 0.872. The van der Waals surface area contributed by atoms with Crippen LogP contribution in [0.3, 0.4) is 0 Å². The monoisotopic (exact) mass is 330 g/mol. The van der Waals surface area contributed by atoms with Crippen LogP contribution in [-0.2, 0) is 0 Å². The number of hydrogen-bond acceptors (Lipinski definition) is 1. The first-order valence-corrected chi connectivity index (χ1v) is 7.07. The van der Waals surface area contributed by atoms with E-state index < -0.39 is 0 Å². The summed E-state index contributed by atoms with van der Waals surface area (Å²) in [5.41, 5.74) is 3.17. The molecule has 0 bridgehead atoms. The van der Waals surface area contributed by atoms with Crippen LogP contribution >= 0.6 is 28.1 Å². The summed E-state index contributed by atoms with van der Waals surface area (Å²) >= 11 is 8.84. The smallest absolute Gasteiger partial charge is 0.128 e. The SMILES string of the molecule is S=c1cc(-c2ccccc2)[nH]n1-c1ccc(Br)cc1. The van der Waals surface area contributed by atoms with Gasteiger partial charge in [0.1, 0.15) is 4.64 Å². The topological polar surface area (TPSA) is 20.7 Å². The zero-order chi connectivity index (χ0) is 13.2. The number of aromatic nitrogens is 2. The molecule has 1 N–H and O–H groups in total. The summed E-state index contributed by atoms with van der Waals surface area (Å²) in [5, 5.41) is 3.33. The highest BCUT2D eigenvalue weighted by Gasteiger charge is 2.04. The maximum Gasteiger partial charge on any atom is 0.128 e. The lowest BCUT2D eigenvalue weighted by Gasteiger charge is -2.03. The van der Waals surface area contributed by atoms with Crippen LogP contribution in [0.4, 0.5) is 0 Å². The second kappa shape index (κ2) is 5.15. The summed E-state index contributed by atoms with van der Waals surface area (Å²) in [6.45, 7) is 0. The number of halogens is 1. The first kappa shape index (κ1) is 12.4. The molecule has 0 fully saturated rings.